The quantitative estimate of drug-likeness (QED) is 0.686. The Morgan fingerprint density at radius 1 is 1.33 bits per heavy atom. The molecular formula is C11H12N2O2. The highest BCUT2D eigenvalue weighted by atomic mass is 16.2. The van der Waals surface area contributed by atoms with Crippen LogP contribution < -0.4 is 5.32 Å². The summed E-state index contributed by atoms with van der Waals surface area (Å²) < 4.78 is 0. The van der Waals surface area contributed by atoms with E-state index in [1.807, 2.05) is 19.1 Å². The lowest BCUT2D eigenvalue weighted by Crippen LogP contribution is -2.31. The zero-order chi connectivity index (χ0) is 11.0. The van der Waals surface area contributed by atoms with Crippen molar-refractivity contribution in [1.29, 1.82) is 0 Å². The van der Waals surface area contributed by atoms with Crippen molar-refractivity contribution in [3.8, 4) is 0 Å². The smallest absolute Gasteiger partial charge is 0.256 e. The predicted molar refractivity (Wildman–Crippen MR) is 56.8 cm³/mol. The molecule has 1 aromatic rings. The molecule has 78 valence electrons. The van der Waals surface area contributed by atoms with Gasteiger partial charge in [0.1, 0.15) is 0 Å². The lowest BCUT2D eigenvalue weighted by Gasteiger charge is -2.12. The first-order valence-electron chi connectivity index (χ1n) is 4.74. The first-order valence-corrected chi connectivity index (χ1v) is 4.74. The number of amides is 2. The van der Waals surface area contributed by atoms with Gasteiger partial charge in [0.15, 0.2) is 0 Å². The molecule has 1 aliphatic heterocycles. The summed E-state index contributed by atoms with van der Waals surface area (Å²) in [7, 11) is 1.62. The maximum Gasteiger partial charge on any atom is 0.256 e. The van der Waals surface area contributed by atoms with E-state index in [1.165, 1.54) is 4.90 Å². The average molecular weight is 204 g/mol. The average Bonchev–Trinajstić information content (AvgIpc) is 2.29. The fourth-order valence-electron chi connectivity index (χ4n) is 1.68. The van der Waals surface area contributed by atoms with E-state index in [1.54, 1.807) is 13.1 Å². The second kappa shape index (κ2) is 3.38. The molecule has 4 nitrogen and oxygen atoms in total. The van der Waals surface area contributed by atoms with Crippen molar-refractivity contribution in [1.82, 2.24) is 4.90 Å². The molecule has 0 radical (unpaired) electrons. The molecule has 1 N–H and O–H groups in total. The molecule has 0 atom stereocenters. The van der Waals surface area contributed by atoms with Crippen LogP contribution in [0.1, 0.15) is 15.9 Å². The van der Waals surface area contributed by atoms with Crippen LogP contribution in [-0.2, 0) is 4.79 Å². The second-order valence-corrected chi connectivity index (χ2v) is 3.71. The zero-order valence-corrected chi connectivity index (χ0v) is 8.70. The molecule has 1 heterocycles. The van der Waals surface area contributed by atoms with E-state index >= 15 is 0 Å². The summed E-state index contributed by atoms with van der Waals surface area (Å²) in [6.45, 7) is 1.98. The number of nitrogens with zero attached hydrogens (tertiary/aromatic N) is 1. The van der Waals surface area contributed by atoms with Gasteiger partial charge in [0, 0.05) is 7.05 Å². The number of fused-ring (bicyclic) bond motifs is 1. The summed E-state index contributed by atoms with van der Waals surface area (Å²) in [5.74, 6) is -0.272. The van der Waals surface area contributed by atoms with Crippen LogP contribution in [-0.4, -0.2) is 30.3 Å². The van der Waals surface area contributed by atoms with E-state index in [0.717, 1.165) is 5.56 Å². The van der Waals surface area contributed by atoms with Crippen molar-refractivity contribution >= 4 is 17.5 Å². The number of aryl methyl sites for hydroxylation is 1. The topological polar surface area (TPSA) is 49.4 Å². The minimum atomic E-state index is -0.154. The fraction of sp³-hybridized carbons (Fsp3) is 0.273. The summed E-state index contributed by atoms with van der Waals surface area (Å²) in [4.78, 5) is 24.7. The van der Waals surface area contributed by atoms with Crippen LogP contribution in [0.15, 0.2) is 18.2 Å². The van der Waals surface area contributed by atoms with E-state index in [-0.39, 0.29) is 18.4 Å². The third kappa shape index (κ3) is 1.58. The number of nitrogens with one attached hydrogen (secondary N) is 1. The Morgan fingerprint density at radius 3 is 2.80 bits per heavy atom. The Morgan fingerprint density at radius 2 is 2.07 bits per heavy atom. The van der Waals surface area contributed by atoms with Gasteiger partial charge in [-0.25, -0.2) is 0 Å². The normalized spacial score (nSPS) is 15.7. The molecule has 2 amide bonds. The first-order chi connectivity index (χ1) is 7.09. The number of likely N-dealkylation sites (N-methyl/N-ethyl adjacent to an activating group) is 1. The van der Waals surface area contributed by atoms with E-state index in [2.05, 4.69) is 5.32 Å². The molecule has 0 saturated carbocycles. The Kier molecular flexibility index (Phi) is 2.19. The number of rotatable bonds is 0. The van der Waals surface area contributed by atoms with Gasteiger partial charge in [-0.05, 0) is 18.6 Å². The summed E-state index contributed by atoms with van der Waals surface area (Å²) >= 11 is 0. The molecule has 0 aromatic heterocycles. The fourth-order valence-corrected chi connectivity index (χ4v) is 1.68. The number of hydrogen-bond donors (Lipinski definition) is 1. The standard InChI is InChI=1S/C11H12N2O2/c1-7-4-3-5-8-10(7)12-9(14)6-13(2)11(8)15/h3-5H,6H2,1-2H3,(H,12,14). The lowest BCUT2D eigenvalue weighted by molar-refractivity contribution is -0.116. The molecule has 15 heavy (non-hydrogen) atoms. The van der Waals surface area contributed by atoms with Crippen LogP contribution in [0.25, 0.3) is 0 Å². The summed E-state index contributed by atoms with van der Waals surface area (Å²) in [6, 6.07) is 5.42. The first kappa shape index (κ1) is 9.71. The second-order valence-electron chi connectivity index (χ2n) is 3.71. The molecule has 0 spiro atoms. The Hall–Kier alpha value is -1.84. The van der Waals surface area contributed by atoms with Gasteiger partial charge in [0.05, 0.1) is 17.8 Å². The van der Waals surface area contributed by atoms with Crippen LogP contribution in [0.2, 0.25) is 0 Å². The van der Waals surface area contributed by atoms with Gasteiger partial charge in [-0.3, -0.25) is 9.59 Å². The Labute approximate surface area is 87.9 Å². The van der Waals surface area contributed by atoms with Crippen LogP contribution in [0.5, 0.6) is 0 Å². The number of hydrogen-bond acceptors (Lipinski definition) is 2. The number of carbonyl (C=O) groups is 2. The maximum absolute atomic E-state index is 11.9. The van der Waals surface area contributed by atoms with Crippen molar-refractivity contribution in [3.05, 3.63) is 29.3 Å². The predicted octanol–water partition coefficient (Wildman–Crippen LogP) is 1.02. The number of para-hydroxylation sites is 1. The van der Waals surface area contributed by atoms with Gasteiger partial charge in [-0.2, -0.15) is 0 Å². The summed E-state index contributed by atoms with van der Waals surface area (Å²) in [5.41, 5.74) is 2.10. The largest absolute Gasteiger partial charge is 0.332 e. The van der Waals surface area contributed by atoms with Crippen molar-refractivity contribution in [2.45, 2.75) is 6.92 Å². The maximum atomic E-state index is 11.9. The highest BCUT2D eigenvalue weighted by Gasteiger charge is 2.23. The minimum absolute atomic E-state index is 0.104. The Bertz CT molecular complexity index is 440. The van der Waals surface area contributed by atoms with Gasteiger partial charge < -0.3 is 10.2 Å². The summed E-state index contributed by atoms with van der Waals surface area (Å²) in [6.07, 6.45) is 0. The zero-order valence-electron chi connectivity index (χ0n) is 8.70. The SMILES string of the molecule is Cc1cccc2c1NC(=O)CN(C)C2=O. The molecule has 0 fully saturated rings. The molecule has 1 aliphatic rings. The molecule has 0 bridgehead atoms. The third-order valence-electron chi connectivity index (χ3n) is 2.50. The van der Waals surface area contributed by atoms with Crippen LogP contribution in [0.3, 0.4) is 0 Å². The highest BCUT2D eigenvalue weighted by Crippen LogP contribution is 2.23. The lowest BCUT2D eigenvalue weighted by atomic mass is 10.1. The van der Waals surface area contributed by atoms with Crippen molar-refractivity contribution in [2.75, 3.05) is 18.9 Å². The molecule has 0 aliphatic carbocycles. The van der Waals surface area contributed by atoms with E-state index in [0.29, 0.717) is 11.3 Å². The van der Waals surface area contributed by atoms with E-state index in [4.69, 9.17) is 0 Å². The van der Waals surface area contributed by atoms with Crippen LogP contribution in [0.4, 0.5) is 5.69 Å². The van der Waals surface area contributed by atoms with Crippen LogP contribution >= 0.6 is 0 Å². The number of carbonyl (C=O) groups excluding carboxylic acids is 2. The third-order valence-corrected chi connectivity index (χ3v) is 2.50. The molecular weight excluding hydrogens is 192 g/mol. The van der Waals surface area contributed by atoms with Crippen molar-refractivity contribution < 1.29 is 9.59 Å². The molecule has 2 rings (SSSR count). The molecule has 4 heteroatoms. The minimum Gasteiger partial charge on any atom is -0.332 e. The van der Waals surface area contributed by atoms with E-state index in [9.17, 15) is 9.59 Å². The van der Waals surface area contributed by atoms with Gasteiger partial charge in [-0.1, -0.05) is 12.1 Å². The Balaban J connectivity index is 2.59. The van der Waals surface area contributed by atoms with Gasteiger partial charge in [0.25, 0.3) is 5.91 Å². The monoisotopic (exact) mass is 204 g/mol. The molecule has 0 unspecified atom stereocenters. The van der Waals surface area contributed by atoms with Crippen LogP contribution in [0, 0.1) is 6.92 Å². The van der Waals surface area contributed by atoms with Crippen molar-refractivity contribution in [3.63, 3.8) is 0 Å². The number of benzene rings is 1. The van der Waals surface area contributed by atoms with Gasteiger partial charge in [0.2, 0.25) is 5.91 Å². The molecule has 0 saturated heterocycles. The van der Waals surface area contributed by atoms with Crippen molar-refractivity contribution in [2.24, 2.45) is 0 Å². The van der Waals surface area contributed by atoms with E-state index < -0.39 is 0 Å². The van der Waals surface area contributed by atoms with Gasteiger partial charge >= 0.3 is 0 Å². The van der Waals surface area contributed by atoms with Gasteiger partial charge in [-0.15, -0.1) is 0 Å². The number of anilines is 1. The summed E-state index contributed by atoms with van der Waals surface area (Å²) in [5, 5.41) is 2.75. The highest BCUT2D eigenvalue weighted by molar-refractivity contribution is 6.09. The molecule has 1 aromatic carbocycles.